The number of hydrogen-bond acceptors (Lipinski definition) is 6. The van der Waals surface area contributed by atoms with Crippen molar-refractivity contribution in [2.45, 2.75) is 95.5 Å². The van der Waals surface area contributed by atoms with E-state index in [4.69, 9.17) is 18.9 Å². The zero-order valence-corrected chi connectivity index (χ0v) is 21.7. The van der Waals surface area contributed by atoms with Gasteiger partial charge in [0.05, 0.1) is 12.2 Å². The van der Waals surface area contributed by atoms with E-state index in [1.165, 1.54) is 19.3 Å². The van der Waals surface area contributed by atoms with Gasteiger partial charge < -0.3 is 24.1 Å². The Balaban J connectivity index is 2.16. The van der Waals surface area contributed by atoms with Crippen molar-refractivity contribution in [3.63, 3.8) is 0 Å². The van der Waals surface area contributed by atoms with Gasteiger partial charge in [-0.15, -0.1) is 6.58 Å². The number of allylic oxidation sites excluding steroid dienone is 1. The Kier molecular flexibility index (Phi) is 14.2. The number of carbonyl (C=O) groups excluding carboxylic acids is 1. The van der Waals surface area contributed by atoms with Crippen molar-refractivity contribution in [3.8, 4) is 0 Å². The lowest BCUT2D eigenvalue weighted by atomic mass is 9.88. The molecule has 1 fully saturated rings. The van der Waals surface area contributed by atoms with Gasteiger partial charge in [-0.1, -0.05) is 68.7 Å². The predicted octanol–water partition coefficient (Wildman–Crippen LogP) is 5.67. The molecule has 2 rings (SSSR count). The molecule has 6 nitrogen and oxygen atoms in total. The molecule has 6 heteroatoms. The maximum atomic E-state index is 12.6. The van der Waals surface area contributed by atoms with E-state index < -0.39 is 18.2 Å². The van der Waals surface area contributed by atoms with Crippen LogP contribution in [0.3, 0.4) is 0 Å². The van der Waals surface area contributed by atoms with Crippen LogP contribution in [0.5, 0.6) is 0 Å². The van der Waals surface area contributed by atoms with Crippen molar-refractivity contribution >= 4 is 5.97 Å². The van der Waals surface area contributed by atoms with Gasteiger partial charge in [0.25, 0.3) is 0 Å². The van der Waals surface area contributed by atoms with Crippen LogP contribution in [0.15, 0.2) is 49.1 Å². The maximum Gasteiger partial charge on any atom is 0.332 e. The van der Waals surface area contributed by atoms with Crippen LogP contribution < -0.4 is 0 Å². The fraction of sp³-hybridized carbons (Fsp3) is 0.690. The first kappa shape index (κ1) is 29.5. The molecule has 0 bridgehead atoms. The van der Waals surface area contributed by atoms with E-state index in [2.05, 4.69) is 26.2 Å². The van der Waals surface area contributed by atoms with E-state index in [1.54, 1.807) is 13.2 Å². The standard InChI is InChI=1S/C29H46O6/c1-5-10-25-18-22(2)17-23(3)19-26(34-21-32-4)13-9-14-28(35-29(31)20-33-25)27(30)16-15-24-11-7-6-8-12-24/h5,9,13,15-16,22,24-28,30H,1,3,6-8,10-12,14,17-21H2,2,4H3/b13-9+,16-15+/t22?,25-,26?,27?,28?/m0/s1. The number of aliphatic hydroxyl groups is 1. The lowest BCUT2D eigenvalue weighted by Gasteiger charge is -2.23. The fourth-order valence-electron chi connectivity index (χ4n) is 4.88. The van der Waals surface area contributed by atoms with Crippen LogP contribution >= 0.6 is 0 Å². The zero-order valence-electron chi connectivity index (χ0n) is 21.7. The lowest BCUT2D eigenvalue weighted by molar-refractivity contribution is -0.160. The number of cyclic esters (lactones) is 1. The Bertz CT molecular complexity index is 693. The van der Waals surface area contributed by atoms with E-state index in [1.807, 2.05) is 18.2 Å². The van der Waals surface area contributed by atoms with Crippen LogP contribution in [-0.4, -0.2) is 56.0 Å². The van der Waals surface area contributed by atoms with Crippen LogP contribution in [0.1, 0.15) is 71.1 Å². The van der Waals surface area contributed by atoms with Gasteiger partial charge in [0.2, 0.25) is 0 Å². The average molecular weight is 491 g/mol. The van der Waals surface area contributed by atoms with Gasteiger partial charge in [0.1, 0.15) is 25.6 Å². The van der Waals surface area contributed by atoms with Crippen molar-refractivity contribution in [3.05, 3.63) is 49.1 Å². The molecule has 0 aromatic heterocycles. The zero-order chi connectivity index (χ0) is 25.5. The highest BCUT2D eigenvalue weighted by Gasteiger charge is 2.23. The number of rotatable bonds is 8. The third kappa shape index (κ3) is 12.2. The summed E-state index contributed by atoms with van der Waals surface area (Å²) in [5.41, 5.74) is 1.09. The molecule has 0 aromatic rings. The van der Waals surface area contributed by atoms with E-state index >= 15 is 0 Å². The highest BCUT2D eigenvalue weighted by molar-refractivity contribution is 5.71. The number of aliphatic hydroxyl groups excluding tert-OH is 1. The molecule has 1 aliphatic carbocycles. The van der Waals surface area contributed by atoms with Crippen molar-refractivity contribution in [2.75, 3.05) is 20.5 Å². The van der Waals surface area contributed by atoms with Crippen LogP contribution in [-0.2, 0) is 23.7 Å². The predicted molar refractivity (Wildman–Crippen MR) is 139 cm³/mol. The van der Waals surface area contributed by atoms with Crippen LogP contribution in [0, 0.1) is 11.8 Å². The summed E-state index contributed by atoms with van der Waals surface area (Å²) in [7, 11) is 1.59. The molecular weight excluding hydrogens is 444 g/mol. The normalized spacial score (nSPS) is 30.3. The molecule has 1 heterocycles. The topological polar surface area (TPSA) is 74.2 Å². The number of carbonyl (C=O) groups is 1. The first-order chi connectivity index (χ1) is 16.9. The molecule has 0 amide bonds. The molecule has 1 N–H and O–H groups in total. The largest absolute Gasteiger partial charge is 0.457 e. The van der Waals surface area contributed by atoms with Crippen molar-refractivity contribution in [1.29, 1.82) is 0 Å². The molecule has 1 saturated carbocycles. The van der Waals surface area contributed by atoms with Crippen molar-refractivity contribution in [1.82, 2.24) is 0 Å². The number of ether oxygens (including phenoxy) is 4. The Labute approximate surface area is 212 Å². The smallest absolute Gasteiger partial charge is 0.332 e. The fourth-order valence-corrected chi connectivity index (χ4v) is 4.88. The van der Waals surface area contributed by atoms with Gasteiger partial charge in [-0.05, 0) is 50.4 Å². The highest BCUT2D eigenvalue weighted by Crippen LogP contribution is 2.26. The summed E-state index contributed by atoms with van der Waals surface area (Å²) in [6.45, 7) is 10.3. The summed E-state index contributed by atoms with van der Waals surface area (Å²) >= 11 is 0. The molecule has 5 atom stereocenters. The average Bonchev–Trinajstić information content (AvgIpc) is 2.84. The molecule has 0 spiro atoms. The molecule has 2 aliphatic rings. The van der Waals surface area contributed by atoms with Gasteiger partial charge in [0.15, 0.2) is 0 Å². The lowest BCUT2D eigenvalue weighted by Crippen LogP contribution is -2.32. The molecule has 1 aliphatic heterocycles. The molecule has 35 heavy (non-hydrogen) atoms. The van der Waals surface area contributed by atoms with E-state index in [0.717, 1.165) is 31.3 Å². The van der Waals surface area contributed by atoms with Crippen LogP contribution in [0.25, 0.3) is 0 Å². The van der Waals surface area contributed by atoms with Gasteiger partial charge in [-0.3, -0.25) is 0 Å². The molecule has 0 aromatic carbocycles. The second-order valence-electron chi connectivity index (χ2n) is 10.0. The minimum atomic E-state index is -0.890. The van der Waals surface area contributed by atoms with E-state index in [9.17, 15) is 9.90 Å². The summed E-state index contributed by atoms with van der Waals surface area (Å²) < 4.78 is 22.5. The second kappa shape index (κ2) is 16.9. The van der Waals surface area contributed by atoms with Crippen LogP contribution in [0.4, 0.5) is 0 Å². The van der Waals surface area contributed by atoms with Crippen molar-refractivity contribution in [2.24, 2.45) is 11.8 Å². The third-order valence-corrected chi connectivity index (χ3v) is 6.67. The first-order valence-electron chi connectivity index (χ1n) is 13.1. The summed E-state index contributed by atoms with van der Waals surface area (Å²) in [4.78, 5) is 12.6. The third-order valence-electron chi connectivity index (χ3n) is 6.67. The summed E-state index contributed by atoms with van der Waals surface area (Å²) in [6.07, 6.45) is 17.0. The SMILES string of the molecule is C=CC[C@H]1CC(C)CC(=C)CC(OCOC)/C=C/CC(C(O)/C=C/C2CCCCC2)OC(=O)CO1. The Morgan fingerprint density at radius 2 is 2.03 bits per heavy atom. The molecule has 0 radical (unpaired) electrons. The number of esters is 1. The Morgan fingerprint density at radius 1 is 1.26 bits per heavy atom. The van der Waals surface area contributed by atoms with Crippen LogP contribution in [0.2, 0.25) is 0 Å². The first-order valence-corrected chi connectivity index (χ1v) is 13.1. The Morgan fingerprint density at radius 3 is 2.74 bits per heavy atom. The van der Waals surface area contributed by atoms with E-state index in [-0.39, 0.29) is 25.6 Å². The minimum absolute atomic E-state index is 0.124. The monoisotopic (exact) mass is 490 g/mol. The number of methoxy groups -OCH3 is 1. The van der Waals surface area contributed by atoms with E-state index in [0.29, 0.717) is 31.1 Å². The summed E-state index contributed by atoms with van der Waals surface area (Å²) in [5.74, 6) is 0.344. The Hall–Kier alpha value is -1.73. The quantitative estimate of drug-likeness (QED) is 0.268. The maximum absolute atomic E-state index is 12.6. The molecule has 198 valence electrons. The van der Waals surface area contributed by atoms with Gasteiger partial charge >= 0.3 is 5.97 Å². The summed E-state index contributed by atoms with van der Waals surface area (Å²) in [6, 6.07) is 0. The number of hydrogen-bond donors (Lipinski definition) is 1. The molecule has 4 unspecified atom stereocenters. The highest BCUT2D eigenvalue weighted by atomic mass is 16.7. The summed E-state index contributed by atoms with van der Waals surface area (Å²) in [5, 5.41) is 10.9. The minimum Gasteiger partial charge on any atom is -0.457 e. The van der Waals surface area contributed by atoms with Crippen molar-refractivity contribution < 1.29 is 28.8 Å². The second-order valence-corrected chi connectivity index (χ2v) is 10.0. The van der Waals surface area contributed by atoms with Gasteiger partial charge in [-0.25, -0.2) is 4.79 Å². The molecule has 0 saturated heterocycles. The van der Waals surface area contributed by atoms with Gasteiger partial charge in [0, 0.05) is 13.5 Å². The molecular formula is C29H46O6. The van der Waals surface area contributed by atoms with Gasteiger partial charge in [-0.2, -0.15) is 0 Å².